The number of ether oxygens (including phenoxy) is 3. The van der Waals surface area contributed by atoms with Gasteiger partial charge >= 0.3 is 11.9 Å². The topological polar surface area (TPSA) is 90.9 Å². The third-order valence-electron chi connectivity index (χ3n) is 3.46. The fraction of sp³-hybridized carbons (Fsp3) is 0.316. The molecule has 0 aromatic heterocycles. The molecule has 26 heavy (non-hydrogen) atoms. The summed E-state index contributed by atoms with van der Waals surface area (Å²) in [5.74, 6) is -1.85. The van der Waals surface area contributed by atoms with E-state index in [1.54, 1.807) is 19.9 Å². The number of fused-ring (bicyclic) bond motifs is 1. The van der Waals surface area contributed by atoms with E-state index >= 15 is 0 Å². The Bertz CT molecular complexity index is 765. The summed E-state index contributed by atoms with van der Waals surface area (Å²) in [6.45, 7) is 3.01. The van der Waals surface area contributed by atoms with Crippen molar-refractivity contribution in [3.05, 3.63) is 42.5 Å². The molecule has 0 heterocycles. The molecule has 138 valence electrons. The Hall–Kier alpha value is -3.09. The van der Waals surface area contributed by atoms with Crippen LogP contribution in [0.15, 0.2) is 42.5 Å². The van der Waals surface area contributed by atoms with E-state index in [0.717, 1.165) is 10.8 Å². The van der Waals surface area contributed by atoms with Crippen LogP contribution in [0.5, 0.6) is 5.75 Å². The number of hydrogen-bond donors (Lipinski definition) is 1. The maximum Gasteiger partial charge on any atom is 0.340 e. The lowest BCUT2D eigenvalue weighted by Crippen LogP contribution is -2.49. The number of amides is 1. The average Bonchev–Trinajstić information content (AvgIpc) is 2.64. The van der Waals surface area contributed by atoms with E-state index in [4.69, 9.17) is 14.2 Å². The van der Waals surface area contributed by atoms with Crippen LogP contribution in [0.3, 0.4) is 0 Å². The Morgan fingerprint density at radius 3 is 2.19 bits per heavy atom. The van der Waals surface area contributed by atoms with Gasteiger partial charge in [0.15, 0.2) is 6.61 Å². The van der Waals surface area contributed by atoms with Crippen molar-refractivity contribution >= 4 is 28.6 Å². The molecule has 2 rings (SSSR count). The first-order valence-electron chi connectivity index (χ1n) is 8.30. The third kappa shape index (κ3) is 4.95. The second-order valence-corrected chi connectivity index (χ2v) is 5.27. The van der Waals surface area contributed by atoms with E-state index in [-0.39, 0.29) is 19.8 Å². The van der Waals surface area contributed by atoms with Gasteiger partial charge in [-0.25, -0.2) is 9.59 Å². The molecule has 0 aliphatic rings. The number of carbonyl (C=O) groups is 3. The van der Waals surface area contributed by atoms with Crippen LogP contribution in [0, 0.1) is 0 Å². The van der Waals surface area contributed by atoms with E-state index in [1.807, 2.05) is 36.4 Å². The predicted octanol–water partition coefficient (Wildman–Crippen LogP) is 1.83. The molecule has 0 saturated carbocycles. The SMILES string of the molecule is CCOC(=O)C(NC(=O)COc1cccc2ccccc12)C(=O)OCC. The van der Waals surface area contributed by atoms with Crippen molar-refractivity contribution in [2.24, 2.45) is 0 Å². The number of rotatable bonds is 8. The molecule has 0 bridgehead atoms. The van der Waals surface area contributed by atoms with Gasteiger partial charge in [0.05, 0.1) is 13.2 Å². The molecule has 0 radical (unpaired) electrons. The van der Waals surface area contributed by atoms with E-state index in [1.165, 1.54) is 0 Å². The molecule has 2 aromatic carbocycles. The van der Waals surface area contributed by atoms with E-state index < -0.39 is 23.9 Å². The Kier molecular flexibility index (Phi) is 6.96. The minimum atomic E-state index is -1.52. The van der Waals surface area contributed by atoms with Crippen LogP contribution in [-0.4, -0.2) is 43.7 Å². The molecular formula is C19H21NO6. The Balaban J connectivity index is 2.03. The summed E-state index contributed by atoms with van der Waals surface area (Å²) in [5, 5.41) is 4.12. The zero-order valence-corrected chi connectivity index (χ0v) is 14.7. The van der Waals surface area contributed by atoms with Crippen molar-refractivity contribution < 1.29 is 28.6 Å². The van der Waals surface area contributed by atoms with Crippen molar-refractivity contribution in [2.45, 2.75) is 19.9 Å². The standard InChI is InChI=1S/C19H21NO6/c1-3-24-18(22)17(19(23)25-4-2)20-16(21)12-26-15-11-7-9-13-8-5-6-10-14(13)15/h5-11,17H,3-4,12H2,1-2H3,(H,20,21). The molecule has 1 N–H and O–H groups in total. The fourth-order valence-electron chi connectivity index (χ4n) is 2.33. The van der Waals surface area contributed by atoms with Crippen LogP contribution in [-0.2, 0) is 23.9 Å². The number of nitrogens with one attached hydrogen (secondary N) is 1. The highest BCUT2D eigenvalue weighted by atomic mass is 16.6. The molecule has 0 fully saturated rings. The lowest BCUT2D eigenvalue weighted by atomic mass is 10.1. The number of benzene rings is 2. The summed E-state index contributed by atoms with van der Waals surface area (Å²) in [6, 6.07) is 11.6. The van der Waals surface area contributed by atoms with Crippen LogP contribution in [0.4, 0.5) is 0 Å². The highest BCUT2D eigenvalue weighted by molar-refractivity contribution is 6.02. The second kappa shape index (κ2) is 9.41. The summed E-state index contributed by atoms with van der Waals surface area (Å²) in [6.07, 6.45) is 0. The van der Waals surface area contributed by atoms with Crippen LogP contribution in [0.2, 0.25) is 0 Å². The van der Waals surface area contributed by atoms with E-state index in [0.29, 0.717) is 5.75 Å². The molecule has 0 aliphatic carbocycles. The minimum absolute atomic E-state index is 0.0805. The Morgan fingerprint density at radius 1 is 0.923 bits per heavy atom. The van der Waals surface area contributed by atoms with Crippen LogP contribution < -0.4 is 10.1 Å². The number of esters is 2. The highest BCUT2D eigenvalue weighted by Gasteiger charge is 2.31. The van der Waals surface area contributed by atoms with Crippen molar-refractivity contribution in [1.82, 2.24) is 5.32 Å². The zero-order valence-electron chi connectivity index (χ0n) is 14.7. The van der Waals surface area contributed by atoms with Crippen LogP contribution in [0.1, 0.15) is 13.8 Å². The van der Waals surface area contributed by atoms with Crippen LogP contribution >= 0.6 is 0 Å². The van der Waals surface area contributed by atoms with Crippen molar-refractivity contribution in [3.63, 3.8) is 0 Å². The lowest BCUT2D eigenvalue weighted by Gasteiger charge is -2.16. The quantitative estimate of drug-likeness (QED) is 0.571. The van der Waals surface area contributed by atoms with Gasteiger partial charge in [-0.2, -0.15) is 0 Å². The Labute approximate surface area is 151 Å². The number of carbonyl (C=O) groups excluding carboxylic acids is 3. The van der Waals surface area contributed by atoms with Crippen molar-refractivity contribution in [1.29, 1.82) is 0 Å². The maximum absolute atomic E-state index is 12.1. The molecule has 2 aromatic rings. The zero-order chi connectivity index (χ0) is 18.9. The fourth-order valence-corrected chi connectivity index (χ4v) is 2.33. The molecular weight excluding hydrogens is 338 g/mol. The van der Waals surface area contributed by atoms with E-state index in [9.17, 15) is 14.4 Å². The number of hydrogen-bond acceptors (Lipinski definition) is 6. The molecule has 0 spiro atoms. The Morgan fingerprint density at radius 2 is 1.54 bits per heavy atom. The molecule has 0 atom stereocenters. The lowest BCUT2D eigenvalue weighted by molar-refractivity contribution is -0.159. The summed E-state index contributed by atoms with van der Waals surface area (Å²) >= 11 is 0. The van der Waals surface area contributed by atoms with Gasteiger partial charge in [0.2, 0.25) is 6.04 Å². The highest BCUT2D eigenvalue weighted by Crippen LogP contribution is 2.24. The molecule has 7 nitrogen and oxygen atoms in total. The monoisotopic (exact) mass is 359 g/mol. The minimum Gasteiger partial charge on any atom is -0.483 e. The molecule has 1 amide bonds. The van der Waals surface area contributed by atoms with Gasteiger partial charge in [0, 0.05) is 5.39 Å². The maximum atomic E-state index is 12.1. The predicted molar refractivity (Wildman–Crippen MR) is 94.6 cm³/mol. The summed E-state index contributed by atoms with van der Waals surface area (Å²) < 4.78 is 15.1. The second-order valence-electron chi connectivity index (χ2n) is 5.27. The van der Waals surface area contributed by atoms with Gasteiger partial charge in [0.1, 0.15) is 5.75 Å². The van der Waals surface area contributed by atoms with Crippen molar-refractivity contribution in [3.8, 4) is 5.75 Å². The van der Waals surface area contributed by atoms with Crippen LogP contribution in [0.25, 0.3) is 10.8 Å². The van der Waals surface area contributed by atoms with Gasteiger partial charge in [-0.1, -0.05) is 36.4 Å². The first-order chi connectivity index (χ1) is 12.6. The normalized spacial score (nSPS) is 10.4. The summed E-state index contributed by atoms with van der Waals surface area (Å²) in [4.78, 5) is 35.9. The first kappa shape index (κ1) is 19.2. The molecule has 0 unspecified atom stereocenters. The van der Waals surface area contributed by atoms with Gasteiger partial charge in [-0.05, 0) is 25.3 Å². The van der Waals surface area contributed by atoms with Gasteiger partial charge < -0.3 is 19.5 Å². The van der Waals surface area contributed by atoms with Gasteiger partial charge in [-0.3, -0.25) is 4.79 Å². The summed E-state index contributed by atoms with van der Waals surface area (Å²) in [5.41, 5.74) is 0. The van der Waals surface area contributed by atoms with Gasteiger partial charge in [-0.15, -0.1) is 0 Å². The first-order valence-corrected chi connectivity index (χ1v) is 8.30. The van der Waals surface area contributed by atoms with Crippen molar-refractivity contribution in [2.75, 3.05) is 19.8 Å². The average molecular weight is 359 g/mol. The summed E-state index contributed by atoms with van der Waals surface area (Å²) in [7, 11) is 0. The third-order valence-corrected chi connectivity index (χ3v) is 3.46. The van der Waals surface area contributed by atoms with Gasteiger partial charge in [0.25, 0.3) is 5.91 Å². The molecule has 0 aliphatic heterocycles. The molecule has 7 heteroatoms. The smallest absolute Gasteiger partial charge is 0.340 e. The van der Waals surface area contributed by atoms with E-state index in [2.05, 4.69) is 5.32 Å². The largest absolute Gasteiger partial charge is 0.483 e. The molecule has 0 saturated heterocycles.